The molecule has 1 atom stereocenters. The number of aromatic nitrogens is 2. The smallest absolute Gasteiger partial charge is 0.270 e. The van der Waals surface area contributed by atoms with E-state index in [0.29, 0.717) is 5.65 Å². The molecule has 6 nitrogen and oxygen atoms in total. The Bertz CT molecular complexity index is 735. The average Bonchev–Trinajstić information content (AvgIpc) is 3.07. The van der Waals surface area contributed by atoms with Gasteiger partial charge in [0, 0.05) is 18.9 Å². The number of hydrogen-bond acceptors (Lipinski definition) is 4. The molecule has 1 aliphatic rings. The zero-order valence-corrected chi connectivity index (χ0v) is 12.2. The van der Waals surface area contributed by atoms with E-state index in [1.54, 1.807) is 24.4 Å². The fourth-order valence-electron chi connectivity index (χ4n) is 2.98. The van der Waals surface area contributed by atoms with Gasteiger partial charge in [-0.05, 0) is 30.9 Å². The molecule has 2 heterocycles. The molecule has 0 spiro atoms. The molecule has 116 valence electrons. The average molecular weight is 301 g/mol. The van der Waals surface area contributed by atoms with Crippen molar-refractivity contribution in [1.82, 2.24) is 14.7 Å². The van der Waals surface area contributed by atoms with Crippen molar-refractivity contribution in [1.29, 1.82) is 0 Å². The lowest BCUT2D eigenvalue weighted by molar-refractivity contribution is 0.0839. The molecule has 6 heteroatoms. The summed E-state index contributed by atoms with van der Waals surface area (Å²) in [7, 11) is 0. The van der Waals surface area contributed by atoms with Gasteiger partial charge in [-0.15, -0.1) is 0 Å². The first kappa shape index (κ1) is 14.7. The van der Waals surface area contributed by atoms with Crippen LogP contribution in [-0.2, 0) is 0 Å². The number of hydrogen-bond donors (Lipinski definition) is 2. The summed E-state index contributed by atoms with van der Waals surface area (Å²) in [5.41, 5.74) is 0.0795. The van der Waals surface area contributed by atoms with Crippen LogP contribution in [0.2, 0.25) is 0 Å². The molecule has 1 unspecified atom stereocenters. The number of nitrogens with one attached hydrogen (secondary N) is 1. The summed E-state index contributed by atoms with van der Waals surface area (Å²) in [6.07, 6.45) is 6.57. The van der Waals surface area contributed by atoms with E-state index >= 15 is 0 Å². The van der Waals surface area contributed by atoms with Gasteiger partial charge in [0.1, 0.15) is 11.2 Å². The fourth-order valence-corrected chi connectivity index (χ4v) is 2.98. The highest BCUT2D eigenvalue weighted by Gasteiger charge is 2.24. The van der Waals surface area contributed by atoms with Crippen molar-refractivity contribution < 1.29 is 9.90 Å². The van der Waals surface area contributed by atoms with Crippen LogP contribution in [0.3, 0.4) is 0 Å². The van der Waals surface area contributed by atoms with Gasteiger partial charge in [-0.1, -0.05) is 18.9 Å². The van der Waals surface area contributed by atoms with E-state index in [4.69, 9.17) is 0 Å². The summed E-state index contributed by atoms with van der Waals surface area (Å²) in [6, 6.07) is 5.19. The lowest BCUT2D eigenvalue weighted by Crippen LogP contribution is -2.38. The first-order valence-corrected chi connectivity index (χ1v) is 7.59. The molecule has 2 aromatic rings. The minimum atomic E-state index is -0.553. The molecule has 1 amide bonds. The third-order valence-electron chi connectivity index (χ3n) is 4.27. The summed E-state index contributed by atoms with van der Waals surface area (Å²) < 4.78 is 1.34. The van der Waals surface area contributed by atoms with Crippen molar-refractivity contribution in [2.45, 2.75) is 31.8 Å². The first-order chi connectivity index (χ1) is 10.7. The minimum Gasteiger partial charge on any atom is -0.391 e. The van der Waals surface area contributed by atoms with Gasteiger partial charge in [0.15, 0.2) is 0 Å². The number of fused-ring (bicyclic) bond motifs is 1. The third kappa shape index (κ3) is 2.87. The Morgan fingerprint density at radius 1 is 1.41 bits per heavy atom. The second-order valence-electron chi connectivity index (χ2n) is 5.73. The van der Waals surface area contributed by atoms with E-state index in [2.05, 4.69) is 10.3 Å². The Kier molecular flexibility index (Phi) is 4.20. The molecule has 0 bridgehead atoms. The highest BCUT2D eigenvalue weighted by molar-refractivity contribution is 5.93. The van der Waals surface area contributed by atoms with Gasteiger partial charge in [-0.3, -0.25) is 14.0 Å². The van der Waals surface area contributed by atoms with Crippen LogP contribution < -0.4 is 10.9 Å². The second-order valence-corrected chi connectivity index (χ2v) is 5.73. The number of carbonyl (C=O) groups excluding carboxylic acids is 1. The Balaban J connectivity index is 1.72. The number of rotatable bonds is 4. The summed E-state index contributed by atoms with van der Waals surface area (Å²) in [4.78, 5) is 28.5. The van der Waals surface area contributed by atoms with Crippen LogP contribution in [0.4, 0.5) is 0 Å². The number of amides is 1. The van der Waals surface area contributed by atoms with E-state index in [-0.39, 0.29) is 18.0 Å². The van der Waals surface area contributed by atoms with Crippen LogP contribution >= 0.6 is 0 Å². The summed E-state index contributed by atoms with van der Waals surface area (Å²) in [6.45, 7) is 0.167. The SMILES string of the molecule is O=C(NCC(O)C1CCCC1)c1cnc2ccccn2c1=O. The van der Waals surface area contributed by atoms with Crippen LogP contribution in [0.25, 0.3) is 5.65 Å². The lowest BCUT2D eigenvalue weighted by Gasteiger charge is -2.17. The normalized spacial score (nSPS) is 16.8. The van der Waals surface area contributed by atoms with Crippen molar-refractivity contribution >= 4 is 11.6 Å². The van der Waals surface area contributed by atoms with Crippen molar-refractivity contribution in [2.24, 2.45) is 5.92 Å². The number of nitrogens with zero attached hydrogens (tertiary/aromatic N) is 2. The Hall–Kier alpha value is -2.21. The predicted molar refractivity (Wildman–Crippen MR) is 81.8 cm³/mol. The molecule has 0 saturated heterocycles. The molecule has 0 aliphatic heterocycles. The zero-order chi connectivity index (χ0) is 15.5. The molecule has 22 heavy (non-hydrogen) atoms. The highest BCUT2D eigenvalue weighted by Crippen LogP contribution is 2.27. The zero-order valence-electron chi connectivity index (χ0n) is 12.2. The van der Waals surface area contributed by atoms with Crippen LogP contribution in [0.5, 0.6) is 0 Å². The molecule has 1 saturated carbocycles. The maximum atomic E-state index is 12.3. The predicted octanol–water partition coefficient (Wildman–Crippen LogP) is 0.975. The molecule has 2 aromatic heterocycles. The van der Waals surface area contributed by atoms with E-state index in [1.165, 1.54) is 10.6 Å². The lowest BCUT2D eigenvalue weighted by atomic mass is 10.0. The van der Waals surface area contributed by atoms with Crippen molar-refractivity contribution in [2.75, 3.05) is 6.54 Å². The van der Waals surface area contributed by atoms with Gasteiger partial charge in [0.25, 0.3) is 11.5 Å². The molecule has 0 radical (unpaired) electrons. The van der Waals surface area contributed by atoms with Crippen molar-refractivity contribution in [3.63, 3.8) is 0 Å². The summed E-state index contributed by atoms with van der Waals surface area (Å²) in [5, 5.41) is 12.7. The Morgan fingerprint density at radius 3 is 2.95 bits per heavy atom. The summed E-state index contributed by atoms with van der Waals surface area (Å²) in [5.74, 6) is -0.246. The first-order valence-electron chi connectivity index (χ1n) is 7.59. The standard InChI is InChI=1S/C16H19N3O3/c20-13(11-5-1-2-6-11)10-18-15(21)12-9-17-14-7-3-4-8-19(14)16(12)22/h3-4,7-9,11,13,20H,1-2,5-6,10H2,(H,18,21). The monoisotopic (exact) mass is 301 g/mol. The van der Waals surface area contributed by atoms with E-state index in [9.17, 15) is 14.7 Å². The van der Waals surface area contributed by atoms with E-state index < -0.39 is 17.6 Å². The number of aliphatic hydroxyl groups is 1. The van der Waals surface area contributed by atoms with Crippen LogP contribution in [-0.4, -0.2) is 33.0 Å². The minimum absolute atomic E-state index is 0.0117. The number of pyridine rings is 1. The van der Waals surface area contributed by atoms with Crippen LogP contribution in [0, 0.1) is 5.92 Å². The van der Waals surface area contributed by atoms with Crippen molar-refractivity contribution in [3.05, 3.63) is 46.5 Å². The molecule has 1 aliphatic carbocycles. The molecule has 0 aromatic carbocycles. The van der Waals surface area contributed by atoms with Crippen LogP contribution in [0.1, 0.15) is 36.0 Å². The third-order valence-corrected chi connectivity index (χ3v) is 4.27. The van der Waals surface area contributed by atoms with Gasteiger partial charge in [-0.25, -0.2) is 4.98 Å². The Labute approximate surface area is 127 Å². The van der Waals surface area contributed by atoms with Gasteiger partial charge in [-0.2, -0.15) is 0 Å². The summed E-state index contributed by atoms with van der Waals surface area (Å²) >= 11 is 0. The second kappa shape index (κ2) is 6.27. The molecule has 2 N–H and O–H groups in total. The molecule has 3 rings (SSSR count). The highest BCUT2D eigenvalue weighted by atomic mass is 16.3. The maximum Gasteiger partial charge on any atom is 0.270 e. The Morgan fingerprint density at radius 2 is 2.18 bits per heavy atom. The van der Waals surface area contributed by atoms with E-state index in [1.807, 2.05) is 0 Å². The maximum absolute atomic E-state index is 12.3. The molecule has 1 fully saturated rings. The fraction of sp³-hybridized carbons (Fsp3) is 0.438. The van der Waals surface area contributed by atoms with Gasteiger partial charge >= 0.3 is 0 Å². The van der Waals surface area contributed by atoms with Gasteiger partial charge < -0.3 is 10.4 Å². The van der Waals surface area contributed by atoms with Gasteiger partial charge in [0.2, 0.25) is 0 Å². The van der Waals surface area contributed by atoms with Gasteiger partial charge in [0.05, 0.1) is 6.10 Å². The quantitative estimate of drug-likeness (QED) is 0.881. The van der Waals surface area contributed by atoms with Crippen LogP contribution in [0.15, 0.2) is 35.4 Å². The van der Waals surface area contributed by atoms with E-state index in [0.717, 1.165) is 25.7 Å². The molecular weight excluding hydrogens is 282 g/mol. The molecular formula is C16H19N3O3. The largest absolute Gasteiger partial charge is 0.391 e. The topological polar surface area (TPSA) is 83.7 Å². The van der Waals surface area contributed by atoms with Crippen molar-refractivity contribution in [3.8, 4) is 0 Å². The number of aliphatic hydroxyl groups excluding tert-OH is 1. The number of carbonyl (C=O) groups is 1.